The van der Waals surface area contributed by atoms with Crippen LogP contribution >= 0.6 is 0 Å². The molecule has 0 spiro atoms. The molecule has 0 unspecified atom stereocenters. The van der Waals surface area contributed by atoms with Gasteiger partial charge in [0.25, 0.3) is 17.5 Å². The first-order valence-electron chi connectivity index (χ1n) is 7.92. The zero-order valence-corrected chi connectivity index (χ0v) is 21.1. The van der Waals surface area contributed by atoms with Crippen molar-refractivity contribution in [2.45, 2.75) is 23.4 Å². The molecular weight excluding hydrogens is 632 g/mol. The van der Waals surface area contributed by atoms with Crippen molar-refractivity contribution in [1.29, 1.82) is 0 Å². The maximum absolute atomic E-state index is 13.6. The third-order valence-corrected chi connectivity index (χ3v) is 4.02. The largest absolute Gasteiger partial charge is 1.00 e. The SMILES string of the molecule is O=S(=O)([O-])c1ccc(OC(F)=C(F)C(F)(F)F)c(OC(F)=C(F)C(F)(F)F)c1OC(F)=C(F)C(F)(F)F.[K+]. The normalized spacial score (nSPS) is 15.1. The first kappa shape index (κ1) is 36.3. The summed E-state index contributed by atoms with van der Waals surface area (Å²) in [6.45, 7) is 0. The minimum atomic E-state index is -6.31. The van der Waals surface area contributed by atoms with Crippen LogP contribution in [0.5, 0.6) is 17.2 Å². The molecule has 210 valence electrons. The van der Waals surface area contributed by atoms with Crippen LogP contribution in [-0.2, 0) is 10.1 Å². The second-order valence-electron chi connectivity index (χ2n) is 5.74. The first-order chi connectivity index (χ1) is 16.4. The summed E-state index contributed by atoms with van der Waals surface area (Å²) in [6, 6.07) is -11.3. The van der Waals surface area contributed by atoms with Gasteiger partial charge in [-0.15, -0.1) is 0 Å². The van der Waals surface area contributed by atoms with Crippen LogP contribution in [-0.4, -0.2) is 31.5 Å². The van der Waals surface area contributed by atoms with Gasteiger partial charge in [-0.2, -0.15) is 65.9 Å². The minimum absolute atomic E-state index is 0. The maximum atomic E-state index is 13.6. The van der Waals surface area contributed by atoms with E-state index in [4.69, 9.17) is 0 Å². The van der Waals surface area contributed by atoms with Crippen molar-refractivity contribution in [3.05, 3.63) is 47.7 Å². The summed E-state index contributed by atoms with van der Waals surface area (Å²) in [6.07, 6.45) is -18.8. The van der Waals surface area contributed by atoms with Crippen molar-refractivity contribution >= 4 is 10.1 Å². The second kappa shape index (κ2) is 12.7. The van der Waals surface area contributed by atoms with E-state index in [0.29, 0.717) is 0 Å². The fourth-order valence-corrected chi connectivity index (χ4v) is 2.34. The van der Waals surface area contributed by atoms with Crippen LogP contribution in [0.4, 0.5) is 65.9 Å². The zero-order chi connectivity index (χ0) is 29.3. The summed E-state index contributed by atoms with van der Waals surface area (Å²) in [5.41, 5.74) is 0. The first-order valence-corrected chi connectivity index (χ1v) is 9.33. The Hall–Kier alpha value is -1.66. The molecule has 0 bridgehead atoms. The molecule has 23 heteroatoms. The van der Waals surface area contributed by atoms with E-state index in [-0.39, 0.29) is 63.5 Å². The fraction of sp³-hybridized carbons (Fsp3) is 0.200. The van der Waals surface area contributed by atoms with E-state index in [1.807, 2.05) is 0 Å². The molecule has 0 aliphatic rings. The van der Waals surface area contributed by atoms with Crippen LogP contribution < -0.4 is 65.6 Å². The summed E-state index contributed by atoms with van der Waals surface area (Å²) in [4.78, 5) is -2.29. The molecule has 0 radical (unpaired) electrons. The van der Waals surface area contributed by atoms with E-state index >= 15 is 0 Å². The van der Waals surface area contributed by atoms with E-state index in [0.717, 1.165) is 0 Å². The number of hydrogen-bond donors (Lipinski definition) is 0. The van der Waals surface area contributed by atoms with Crippen molar-refractivity contribution in [3.8, 4) is 17.2 Å². The number of halogens is 15. The molecule has 0 heterocycles. The Balaban J connectivity index is 0.0000137. The third-order valence-electron chi connectivity index (χ3n) is 3.16. The summed E-state index contributed by atoms with van der Waals surface area (Å²) in [7, 11) is -6.25. The van der Waals surface area contributed by atoms with E-state index in [1.165, 1.54) is 0 Å². The van der Waals surface area contributed by atoms with E-state index in [2.05, 4.69) is 14.2 Å². The van der Waals surface area contributed by atoms with Crippen LogP contribution in [0.2, 0.25) is 0 Å². The van der Waals surface area contributed by atoms with Crippen molar-refractivity contribution < 1.29 is 144 Å². The van der Waals surface area contributed by atoms with Gasteiger partial charge >= 0.3 is 88.0 Å². The predicted octanol–water partition coefficient (Wildman–Crippen LogP) is 3.74. The van der Waals surface area contributed by atoms with Gasteiger partial charge in [0.15, 0.2) is 11.5 Å². The summed E-state index contributed by atoms with van der Waals surface area (Å²) in [5.74, 6) is -19.1. The van der Waals surface area contributed by atoms with Gasteiger partial charge in [-0.25, -0.2) is 8.42 Å². The van der Waals surface area contributed by atoms with Crippen LogP contribution in [0.15, 0.2) is 52.5 Å². The van der Waals surface area contributed by atoms with Gasteiger partial charge in [0.2, 0.25) is 5.75 Å². The molecule has 38 heavy (non-hydrogen) atoms. The Labute approximate surface area is 241 Å². The maximum Gasteiger partial charge on any atom is 1.00 e. The third kappa shape index (κ3) is 9.51. The topological polar surface area (TPSA) is 84.9 Å². The van der Waals surface area contributed by atoms with Gasteiger partial charge < -0.3 is 18.8 Å². The van der Waals surface area contributed by atoms with E-state index in [1.54, 1.807) is 0 Å². The Morgan fingerprint density at radius 2 is 0.921 bits per heavy atom. The van der Waals surface area contributed by atoms with Crippen LogP contribution in [0, 0.1) is 0 Å². The molecule has 0 amide bonds. The van der Waals surface area contributed by atoms with Crippen molar-refractivity contribution in [1.82, 2.24) is 0 Å². The summed E-state index contributed by atoms with van der Waals surface area (Å²) in [5, 5.41) is 0. The van der Waals surface area contributed by atoms with Gasteiger partial charge in [-0.05, 0) is 12.1 Å². The molecule has 0 N–H and O–H groups in total. The average molecular weight is 634 g/mol. The van der Waals surface area contributed by atoms with Gasteiger partial charge in [0, 0.05) is 0 Å². The molecule has 1 aromatic carbocycles. The molecular formula is C15H2F15KO6S. The molecule has 0 aromatic heterocycles. The monoisotopic (exact) mass is 634 g/mol. The van der Waals surface area contributed by atoms with E-state index < -0.39 is 86.3 Å². The molecule has 0 atom stereocenters. The molecule has 0 saturated heterocycles. The summed E-state index contributed by atoms with van der Waals surface area (Å²) >= 11 is 0. The molecule has 0 aliphatic heterocycles. The van der Waals surface area contributed by atoms with Gasteiger partial charge in [0.1, 0.15) is 15.0 Å². The average Bonchev–Trinajstić information content (AvgIpc) is 2.70. The summed E-state index contributed by atoms with van der Waals surface area (Å²) < 4.78 is 235. The number of rotatable bonds is 7. The number of benzene rings is 1. The quantitative estimate of drug-likeness (QED) is 0.197. The standard InChI is InChI=1S/C15H3F15O6S.K/c16-7(13(22,23)24)10(19)34-3-1-2-4(37(31,32)33)6(36-12(21)9(18)15(28,29)30)5(3)35-11(20)8(17)14(25,26)27;/h1-2H,(H,31,32,33);/q;+1/p-1. The van der Waals surface area contributed by atoms with Gasteiger partial charge in [-0.1, -0.05) is 0 Å². The Morgan fingerprint density at radius 3 is 1.24 bits per heavy atom. The van der Waals surface area contributed by atoms with Crippen LogP contribution in [0.25, 0.3) is 0 Å². The Kier molecular flexibility index (Phi) is 12.1. The fourth-order valence-electron chi connectivity index (χ4n) is 1.74. The second-order valence-corrected chi connectivity index (χ2v) is 7.08. The molecule has 6 nitrogen and oxygen atoms in total. The number of alkyl halides is 9. The van der Waals surface area contributed by atoms with Gasteiger partial charge in [-0.3, -0.25) is 0 Å². The zero-order valence-electron chi connectivity index (χ0n) is 17.2. The minimum Gasteiger partial charge on any atom is -0.744 e. The van der Waals surface area contributed by atoms with Crippen molar-refractivity contribution in [2.24, 2.45) is 0 Å². The Morgan fingerprint density at radius 1 is 0.605 bits per heavy atom. The van der Waals surface area contributed by atoms with Crippen molar-refractivity contribution in [3.63, 3.8) is 0 Å². The van der Waals surface area contributed by atoms with Crippen LogP contribution in [0.3, 0.4) is 0 Å². The predicted molar refractivity (Wildman–Crippen MR) is 82.2 cm³/mol. The molecule has 0 aliphatic carbocycles. The van der Waals surface area contributed by atoms with Crippen molar-refractivity contribution in [2.75, 3.05) is 0 Å². The number of hydrogen-bond acceptors (Lipinski definition) is 6. The van der Waals surface area contributed by atoms with Crippen LogP contribution in [0.1, 0.15) is 0 Å². The molecule has 1 rings (SSSR count). The molecule has 0 saturated carbocycles. The molecule has 0 fully saturated rings. The Bertz CT molecular complexity index is 1240. The number of ether oxygens (including phenoxy) is 3. The smallest absolute Gasteiger partial charge is 0.744 e. The number of allylic oxidation sites excluding steroid dienone is 3. The van der Waals surface area contributed by atoms with E-state index in [9.17, 15) is 78.8 Å². The molecule has 1 aromatic rings. The van der Waals surface area contributed by atoms with Gasteiger partial charge in [0.05, 0.1) is 0 Å².